The highest BCUT2D eigenvalue weighted by Gasteiger charge is 2.32. The zero-order valence-corrected chi connectivity index (χ0v) is 12.9. The molecule has 6 heteroatoms. The molecule has 2 fully saturated rings. The van der Waals surface area contributed by atoms with Crippen LogP contribution in [0.2, 0.25) is 0 Å². The summed E-state index contributed by atoms with van der Waals surface area (Å²) in [5.41, 5.74) is 1.58. The third-order valence-electron chi connectivity index (χ3n) is 4.60. The number of nitrogens with zero attached hydrogens (tertiary/aromatic N) is 4. The lowest BCUT2D eigenvalue weighted by Crippen LogP contribution is -2.49. The zero-order valence-electron chi connectivity index (χ0n) is 12.9. The van der Waals surface area contributed by atoms with Crippen LogP contribution in [0.3, 0.4) is 0 Å². The van der Waals surface area contributed by atoms with Gasteiger partial charge in [0.15, 0.2) is 0 Å². The minimum atomic E-state index is -0.743. The summed E-state index contributed by atoms with van der Waals surface area (Å²) in [6.45, 7) is 13.9. The number of aliphatic carboxylic acids is 1. The van der Waals surface area contributed by atoms with Gasteiger partial charge in [0.2, 0.25) is 5.69 Å². The number of hydrogen-bond donors (Lipinski definition) is 1. The first-order valence-corrected chi connectivity index (χ1v) is 7.62. The molecule has 22 heavy (non-hydrogen) atoms. The molecule has 0 bridgehead atoms. The van der Waals surface area contributed by atoms with Gasteiger partial charge >= 0.3 is 5.97 Å². The van der Waals surface area contributed by atoms with Crippen LogP contribution in [0.15, 0.2) is 6.07 Å². The molecule has 0 spiro atoms. The van der Waals surface area contributed by atoms with E-state index < -0.39 is 5.97 Å². The van der Waals surface area contributed by atoms with Crippen molar-refractivity contribution in [1.82, 2.24) is 4.98 Å². The van der Waals surface area contributed by atoms with Crippen LogP contribution in [0.5, 0.6) is 0 Å². The van der Waals surface area contributed by atoms with Gasteiger partial charge in [0.25, 0.3) is 0 Å². The minimum Gasteiger partial charge on any atom is -0.481 e. The van der Waals surface area contributed by atoms with E-state index in [0.29, 0.717) is 11.7 Å². The van der Waals surface area contributed by atoms with Crippen LogP contribution in [0.1, 0.15) is 25.3 Å². The molecule has 1 aromatic heterocycles. The molecule has 0 saturated carbocycles. The Kier molecular flexibility index (Phi) is 3.65. The van der Waals surface area contributed by atoms with E-state index in [1.165, 1.54) is 0 Å². The predicted molar refractivity (Wildman–Crippen MR) is 84.6 cm³/mol. The number of rotatable bonds is 4. The molecule has 1 aromatic rings. The second-order valence-electron chi connectivity index (χ2n) is 6.28. The SMILES string of the molecule is [C-]#[N+]c1c(C)cc(N2CC(CC(=O)O)C2)nc1N1CC[C@@H]1C. The Morgan fingerprint density at radius 3 is 2.77 bits per heavy atom. The van der Waals surface area contributed by atoms with Crippen LogP contribution >= 0.6 is 0 Å². The summed E-state index contributed by atoms with van der Waals surface area (Å²) < 4.78 is 0. The van der Waals surface area contributed by atoms with E-state index in [0.717, 1.165) is 43.3 Å². The Morgan fingerprint density at radius 2 is 2.27 bits per heavy atom. The zero-order chi connectivity index (χ0) is 15.9. The van der Waals surface area contributed by atoms with Crippen LogP contribution in [0.25, 0.3) is 4.85 Å². The standard InChI is InChI=1S/C16H20N4O2/c1-10-6-13(19-8-12(9-19)7-14(21)22)18-16(15(10)17-3)20-5-4-11(20)2/h6,11-12H,4-5,7-9H2,1-2H3,(H,21,22)/t11-/m0/s1. The summed E-state index contributed by atoms with van der Waals surface area (Å²) in [4.78, 5) is 23.4. The molecule has 0 radical (unpaired) electrons. The van der Waals surface area contributed by atoms with Crippen LogP contribution < -0.4 is 9.80 Å². The predicted octanol–water partition coefficient (Wildman–Crippen LogP) is 2.45. The summed E-state index contributed by atoms with van der Waals surface area (Å²) >= 11 is 0. The first kappa shape index (κ1) is 14.6. The number of aryl methyl sites for hydroxylation is 1. The van der Waals surface area contributed by atoms with Gasteiger partial charge in [-0.1, -0.05) is 0 Å². The quantitative estimate of drug-likeness (QED) is 0.866. The Morgan fingerprint density at radius 1 is 1.55 bits per heavy atom. The number of hydrogen-bond acceptors (Lipinski definition) is 4. The van der Waals surface area contributed by atoms with Gasteiger partial charge in [-0.25, -0.2) is 9.83 Å². The number of pyridine rings is 1. The molecular weight excluding hydrogens is 280 g/mol. The molecule has 3 heterocycles. The van der Waals surface area contributed by atoms with E-state index in [4.69, 9.17) is 16.7 Å². The number of carboxylic acids is 1. The van der Waals surface area contributed by atoms with Gasteiger partial charge in [-0.05, 0) is 31.9 Å². The topological polar surface area (TPSA) is 61.0 Å². The highest BCUT2D eigenvalue weighted by Crippen LogP contribution is 2.38. The summed E-state index contributed by atoms with van der Waals surface area (Å²) in [7, 11) is 0. The van der Waals surface area contributed by atoms with Crippen LogP contribution in [-0.2, 0) is 4.79 Å². The Hall–Kier alpha value is -2.29. The van der Waals surface area contributed by atoms with Crippen molar-refractivity contribution < 1.29 is 9.90 Å². The fourth-order valence-corrected chi connectivity index (χ4v) is 3.10. The fraction of sp³-hybridized carbons (Fsp3) is 0.562. The summed E-state index contributed by atoms with van der Waals surface area (Å²) in [5.74, 6) is 1.10. The molecule has 3 rings (SSSR count). The third kappa shape index (κ3) is 2.47. The maximum atomic E-state index is 10.7. The molecule has 0 aromatic carbocycles. The van der Waals surface area contributed by atoms with Crippen LogP contribution in [0.4, 0.5) is 17.3 Å². The van der Waals surface area contributed by atoms with Crippen molar-refractivity contribution >= 4 is 23.3 Å². The first-order valence-electron chi connectivity index (χ1n) is 7.62. The van der Waals surface area contributed by atoms with Crippen molar-refractivity contribution in [2.75, 3.05) is 29.4 Å². The largest absolute Gasteiger partial charge is 0.481 e. The normalized spacial score (nSPS) is 21.0. The maximum absolute atomic E-state index is 10.7. The smallest absolute Gasteiger partial charge is 0.303 e. The van der Waals surface area contributed by atoms with Gasteiger partial charge in [0, 0.05) is 31.6 Å². The number of carboxylic acid groups (broad SMARTS) is 1. The number of aromatic nitrogens is 1. The molecule has 6 nitrogen and oxygen atoms in total. The average molecular weight is 300 g/mol. The lowest BCUT2D eigenvalue weighted by Gasteiger charge is -2.43. The highest BCUT2D eigenvalue weighted by atomic mass is 16.4. The second-order valence-corrected chi connectivity index (χ2v) is 6.28. The molecule has 2 aliphatic heterocycles. The molecule has 2 saturated heterocycles. The Balaban J connectivity index is 1.82. The van der Waals surface area contributed by atoms with Crippen molar-refractivity contribution in [3.63, 3.8) is 0 Å². The van der Waals surface area contributed by atoms with Crippen LogP contribution in [-0.4, -0.2) is 41.7 Å². The van der Waals surface area contributed by atoms with E-state index in [2.05, 4.69) is 21.6 Å². The first-order chi connectivity index (χ1) is 10.5. The molecule has 0 amide bonds. The molecule has 0 unspecified atom stereocenters. The lowest BCUT2D eigenvalue weighted by atomic mass is 9.96. The van der Waals surface area contributed by atoms with E-state index in [1.807, 2.05) is 13.0 Å². The van der Waals surface area contributed by atoms with Crippen molar-refractivity contribution in [3.05, 3.63) is 23.0 Å². The van der Waals surface area contributed by atoms with E-state index in [9.17, 15) is 4.79 Å². The monoisotopic (exact) mass is 300 g/mol. The van der Waals surface area contributed by atoms with E-state index >= 15 is 0 Å². The molecular formula is C16H20N4O2. The second kappa shape index (κ2) is 5.48. The van der Waals surface area contributed by atoms with Crippen molar-refractivity contribution in [3.8, 4) is 0 Å². The van der Waals surface area contributed by atoms with Crippen molar-refractivity contribution in [1.29, 1.82) is 0 Å². The van der Waals surface area contributed by atoms with Gasteiger partial charge in [-0.15, -0.1) is 0 Å². The summed E-state index contributed by atoms with van der Waals surface area (Å²) in [6.07, 6.45) is 1.35. The van der Waals surface area contributed by atoms with E-state index in [1.54, 1.807) is 0 Å². The van der Waals surface area contributed by atoms with Crippen molar-refractivity contribution in [2.45, 2.75) is 32.7 Å². The maximum Gasteiger partial charge on any atom is 0.303 e. The van der Waals surface area contributed by atoms with Crippen molar-refractivity contribution in [2.24, 2.45) is 5.92 Å². The van der Waals surface area contributed by atoms with Gasteiger partial charge in [-0.3, -0.25) is 4.79 Å². The van der Waals surface area contributed by atoms with Gasteiger partial charge < -0.3 is 14.9 Å². The average Bonchev–Trinajstić information content (AvgIpc) is 2.40. The molecule has 0 aliphatic carbocycles. The Labute approximate surface area is 130 Å². The lowest BCUT2D eigenvalue weighted by molar-refractivity contribution is -0.138. The van der Waals surface area contributed by atoms with Gasteiger partial charge in [0.05, 0.1) is 13.0 Å². The number of anilines is 2. The third-order valence-corrected chi connectivity index (χ3v) is 4.60. The Bertz CT molecular complexity index is 646. The van der Waals surface area contributed by atoms with Gasteiger partial charge in [-0.2, -0.15) is 0 Å². The molecule has 2 aliphatic rings. The summed E-state index contributed by atoms with van der Waals surface area (Å²) in [5, 5.41) is 8.83. The fourth-order valence-electron chi connectivity index (χ4n) is 3.10. The molecule has 116 valence electrons. The number of carbonyl (C=O) groups is 1. The minimum absolute atomic E-state index is 0.200. The van der Waals surface area contributed by atoms with Gasteiger partial charge in [0.1, 0.15) is 11.6 Å². The van der Waals surface area contributed by atoms with Crippen LogP contribution in [0, 0.1) is 19.4 Å². The van der Waals surface area contributed by atoms with E-state index in [-0.39, 0.29) is 12.3 Å². The summed E-state index contributed by atoms with van der Waals surface area (Å²) in [6, 6.07) is 2.37. The molecule has 1 N–H and O–H groups in total. The highest BCUT2D eigenvalue weighted by molar-refractivity contribution is 5.75. The molecule has 1 atom stereocenters.